The zero-order chi connectivity index (χ0) is 13.4. The highest BCUT2D eigenvalue weighted by Crippen LogP contribution is 2.35. The van der Waals surface area contributed by atoms with Gasteiger partial charge in [-0.15, -0.1) is 0 Å². The lowest BCUT2D eigenvalue weighted by atomic mass is 9.99. The fourth-order valence-electron chi connectivity index (χ4n) is 3.18. The molecule has 1 saturated carbocycles. The van der Waals surface area contributed by atoms with Crippen molar-refractivity contribution in [1.82, 2.24) is 0 Å². The average molecular weight is 279 g/mol. The third-order valence-electron chi connectivity index (χ3n) is 4.31. The summed E-state index contributed by atoms with van der Waals surface area (Å²) in [6.45, 7) is 2.23. The number of hydrogen-bond donors (Lipinski definition) is 2. The first kappa shape index (κ1) is 12.8. The molecule has 1 atom stereocenters. The lowest BCUT2D eigenvalue weighted by Gasteiger charge is -2.22. The van der Waals surface area contributed by atoms with Crippen LogP contribution in [-0.4, -0.2) is 11.9 Å². The summed E-state index contributed by atoms with van der Waals surface area (Å²) in [4.78, 5) is 11.4. The number of fused-ring (bicyclic) bond motifs is 1. The molecule has 1 amide bonds. The van der Waals surface area contributed by atoms with Crippen LogP contribution in [0.1, 0.15) is 38.2 Å². The Morgan fingerprint density at radius 1 is 1.37 bits per heavy atom. The summed E-state index contributed by atoms with van der Waals surface area (Å²) in [6.07, 6.45) is 5.74. The first-order valence-electron chi connectivity index (χ1n) is 7.02. The Morgan fingerprint density at radius 2 is 2.11 bits per heavy atom. The first-order valence-corrected chi connectivity index (χ1v) is 7.40. The van der Waals surface area contributed by atoms with Crippen LogP contribution in [0.25, 0.3) is 0 Å². The van der Waals surface area contributed by atoms with E-state index < -0.39 is 0 Å². The predicted molar refractivity (Wildman–Crippen MR) is 78.8 cm³/mol. The van der Waals surface area contributed by atoms with E-state index in [1.807, 2.05) is 12.1 Å². The minimum absolute atomic E-state index is 0.0482. The van der Waals surface area contributed by atoms with Crippen LogP contribution in [0.2, 0.25) is 5.02 Å². The molecule has 3 rings (SSSR count). The maximum Gasteiger partial charge on any atom is 0.228 e. The van der Waals surface area contributed by atoms with Crippen LogP contribution in [0.4, 0.5) is 11.4 Å². The Balaban J connectivity index is 1.77. The Kier molecular flexibility index (Phi) is 3.40. The molecule has 1 aromatic rings. The quantitative estimate of drug-likeness (QED) is 0.882. The SMILES string of the molecule is CC(Nc1cc2c(cc1Cl)NC(=O)C2)C1CCCC1. The Hall–Kier alpha value is -1.22. The van der Waals surface area contributed by atoms with E-state index in [0.717, 1.165) is 22.9 Å². The molecule has 0 saturated heterocycles. The number of nitrogens with one attached hydrogen (secondary N) is 2. The summed E-state index contributed by atoms with van der Waals surface area (Å²) in [6, 6.07) is 4.30. The summed E-state index contributed by atoms with van der Waals surface area (Å²) < 4.78 is 0. The lowest BCUT2D eigenvalue weighted by molar-refractivity contribution is -0.115. The molecule has 1 fully saturated rings. The number of halogens is 1. The molecule has 1 unspecified atom stereocenters. The van der Waals surface area contributed by atoms with Crippen molar-refractivity contribution >= 4 is 28.9 Å². The molecule has 1 aliphatic heterocycles. The molecule has 0 spiro atoms. The molecule has 1 aromatic carbocycles. The second-order valence-corrected chi connectivity index (χ2v) is 6.10. The zero-order valence-corrected chi connectivity index (χ0v) is 11.9. The zero-order valence-electron chi connectivity index (χ0n) is 11.1. The van der Waals surface area contributed by atoms with Crippen molar-refractivity contribution < 1.29 is 4.79 Å². The minimum Gasteiger partial charge on any atom is -0.381 e. The van der Waals surface area contributed by atoms with Crippen molar-refractivity contribution in [3.05, 3.63) is 22.7 Å². The van der Waals surface area contributed by atoms with Crippen molar-refractivity contribution in [2.75, 3.05) is 10.6 Å². The molecule has 0 aromatic heterocycles. The van der Waals surface area contributed by atoms with Gasteiger partial charge >= 0.3 is 0 Å². The molecular weight excluding hydrogens is 260 g/mol. The number of carbonyl (C=O) groups excluding carboxylic acids is 1. The van der Waals surface area contributed by atoms with Gasteiger partial charge in [-0.25, -0.2) is 0 Å². The maximum absolute atomic E-state index is 11.4. The summed E-state index contributed by atoms with van der Waals surface area (Å²) >= 11 is 6.29. The normalized spacial score (nSPS) is 20.2. The van der Waals surface area contributed by atoms with Crippen LogP contribution in [0.15, 0.2) is 12.1 Å². The molecule has 2 aliphatic rings. The van der Waals surface area contributed by atoms with Gasteiger partial charge in [-0.2, -0.15) is 0 Å². The highest BCUT2D eigenvalue weighted by molar-refractivity contribution is 6.33. The highest BCUT2D eigenvalue weighted by Gasteiger charge is 2.24. The van der Waals surface area contributed by atoms with Gasteiger partial charge in [0.25, 0.3) is 0 Å². The lowest BCUT2D eigenvalue weighted by Crippen LogP contribution is -2.23. The van der Waals surface area contributed by atoms with Crippen molar-refractivity contribution in [1.29, 1.82) is 0 Å². The van der Waals surface area contributed by atoms with Crippen LogP contribution in [-0.2, 0) is 11.2 Å². The van der Waals surface area contributed by atoms with Gasteiger partial charge in [-0.05, 0) is 43.4 Å². The van der Waals surface area contributed by atoms with Crippen LogP contribution < -0.4 is 10.6 Å². The van der Waals surface area contributed by atoms with Gasteiger partial charge in [-0.1, -0.05) is 24.4 Å². The van der Waals surface area contributed by atoms with Crippen LogP contribution >= 0.6 is 11.6 Å². The molecule has 2 N–H and O–H groups in total. The first-order chi connectivity index (χ1) is 9.13. The van der Waals surface area contributed by atoms with Crippen LogP contribution in [0.3, 0.4) is 0 Å². The summed E-state index contributed by atoms with van der Waals surface area (Å²) in [5.74, 6) is 0.788. The van der Waals surface area contributed by atoms with E-state index in [1.165, 1.54) is 25.7 Å². The highest BCUT2D eigenvalue weighted by atomic mass is 35.5. The average Bonchev–Trinajstić information content (AvgIpc) is 2.97. The van der Waals surface area contributed by atoms with Gasteiger partial charge in [0.05, 0.1) is 17.1 Å². The predicted octanol–water partition coefficient (Wildman–Crippen LogP) is 3.83. The van der Waals surface area contributed by atoms with Crippen LogP contribution in [0.5, 0.6) is 0 Å². The van der Waals surface area contributed by atoms with E-state index >= 15 is 0 Å². The molecule has 4 heteroatoms. The van der Waals surface area contributed by atoms with Gasteiger partial charge in [0.2, 0.25) is 5.91 Å². The van der Waals surface area contributed by atoms with E-state index in [-0.39, 0.29) is 5.91 Å². The second kappa shape index (κ2) is 5.04. The third-order valence-corrected chi connectivity index (χ3v) is 4.62. The smallest absolute Gasteiger partial charge is 0.228 e. The van der Waals surface area contributed by atoms with Gasteiger partial charge in [0, 0.05) is 11.7 Å². The van der Waals surface area contributed by atoms with Gasteiger partial charge < -0.3 is 10.6 Å². The molecular formula is C15H19ClN2O. The van der Waals surface area contributed by atoms with E-state index in [4.69, 9.17) is 11.6 Å². The standard InChI is InChI=1S/C15H19ClN2O/c1-9(10-4-2-3-5-10)17-14-6-11-7-15(19)18-13(11)8-12(14)16/h6,8-10,17H,2-5,7H2,1H3,(H,18,19). The number of benzene rings is 1. The van der Waals surface area contributed by atoms with Crippen LogP contribution in [0, 0.1) is 5.92 Å². The van der Waals surface area contributed by atoms with Gasteiger partial charge in [0.1, 0.15) is 0 Å². The van der Waals surface area contributed by atoms with E-state index in [2.05, 4.69) is 17.6 Å². The number of amides is 1. The largest absolute Gasteiger partial charge is 0.381 e. The van der Waals surface area contributed by atoms with E-state index in [9.17, 15) is 4.79 Å². The number of carbonyl (C=O) groups is 1. The summed E-state index contributed by atoms with van der Waals surface area (Å²) in [5, 5.41) is 7.03. The van der Waals surface area contributed by atoms with Crippen molar-refractivity contribution in [2.45, 2.75) is 45.1 Å². The molecule has 0 radical (unpaired) electrons. The van der Waals surface area contributed by atoms with Crippen molar-refractivity contribution in [3.63, 3.8) is 0 Å². The Bertz CT molecular complexity index is 509. The molecule has 3 nitrogen and oxygen atoms in total. The van der Waals surface area contributed by atoms with Crippen molar-refractivity contribution in [3.8, 4) is 0 Å². The second-order valence-electron chi connectivity index (χ2n) is 5.69. The monoisotopic (exact) mass is 278 g/mol. The number of hydrogen-bond acceptors (Lipinski definition) is 2. The Morgan fingerprint density at radius 3 is 2.84 bits per heavy atom. The molecule has 1 aliphatic carbocycles. The molecule has 19 heavy (non-hydrogen) atoms. The Labute approximate surface area is 118 Å². The summed E-state index contributed by atoms with van der Waals surface area (Å²) in [5.41, 5.74) is 2.85. The fraction of sp³-hybridized carbons (Fsp3) is 0.533. The van der Waals surface area contributed by atoms with E-state index in [1.54, 1.807) is 0 Å². The van der Waals surface area contributed by atoms with E-state index in [0.29, 0.717) is 17.5 Å². The fourth-order valence-corrected chi connectivity index (χ4v) is 3.40. The van der Waals surface area contributed by atoms with Gasteiger partial charge in [-0.3, -0.25) is 4.79 Å². The minimum atomic E-state index is 0.0482. The molecule has 0 bridgehead atoms. The number of anilines is 2. The molecule has 1 heterocycles. The number of rotatable bonds is 3. The molecule has 102 valence electrons. The maximum atomic E-state index is 11.4. The summed E-state index contributed by atoms with van der Waals surface area (Å²) in [7, 11) is 0. The van der Waals surface area contributed by atoms with Crippen molar-refractivity contribution in [2.24, 2.45) is 5.92 Å². The topological polar surface area (TPSA) is 41.1 Å². The van der Waals surface area contributed by atoms with Gasteiger partial charge in [0.15, 0.2) is 0 Å². The third kappa shape index (κ3) is 2.57.